The summed E-state index contributed by atoms with van der Waals surface area (Å²) in [6.45, 7) is 4.50. The molecule has 3 rings (SSSR count). The Morgan fingerprint density at radius 1 is 1.24 bits per heavy atom. The molecule has 2 heterocycles. The highest BCUT2D eigenvalue weighted by molar-refractivity contribution is 9.10. The van der Waals surface area contributed by atoms with Crippen molar-refractivity contribution in [1.29, 1.82) is 5.26 Å². The number of anilines is 1. The van der Waals surface area contributed by atoms with Gasteiger partial charge in [-0.1, -0.05) is 15.9 Å². The normalized spacial score (nSPS) is 26.9. The van der Waals surface area contributed by atoms with Crippen molar-refractivity contribution in [2.24, 2.45) is 11.8 Å². The van der Waals surface area contributed by atoms with Gasteiger partial charge in [0, 0.05) is 36.3 Å². The number of nitriles is 1. The highest BCUT2D eigenvalue weighted by Crippen LogP contribution is 2.32. The molecule has 0 spiro atoms. The lowest BCUT2D eigenvalue weighted by atomic mass is 10.0. The molecule has 88 valence electrons. The third kappa shape index (κ3) is 2.05. The van der Waals surface area contributed by atoms with E-state index in [0.29, 0.717) is 0 Å². The molecule has 1 aromatic rings. The van der Waals surface area contributed by atoms with Crippen LogP contribution in [0.3, 0.4) is 0 Å². The van der Waals surface area contributed by atoms with Crippen LogP contribution in [0, 0.1) is 23.2 Å². The van der Waals surface area contributed by atoms with Crippen LogP contribution in [0.25, 0.3) is 0 Å². The Labute approximate surface area is 110 Å². The molecule has 0 unspecified atom stereocenters. The van der Waals surface area contributed by atoms with Crippen LogP contribution in [-0.2, 0) is 0 Å². The Morgan fingerprint density at radius 2 is 1.94 bits per heavy atom. The molecule has 2 saturated heterocycles. The molecule has 0 bridgehead atoms. The van der Waals surface area contributed by atoms with Gasteiger partial charge in [-0.2, -0.15) is 5.26 Å². The van der Waals surface area contributed by atoms with E-state index in [1.807, 2.05) is 12.1 Å². The minimum absolute atomic E-state index is 0.726. The molecule has 2 fully saturated rings. The van der Waals surface area contributed by atoms with Gasteiger partial charge >= 0.3 is 0 Å². The smallest absolute Gasteiger partial charge is 0.0992 e. The van der Waals surface area contributed by atoms with E-state index in [1.165, 1.54) is 5.69 Å². The molecule has 0 radical (unpaired) electrons. The van der Waals surface area contributed by atoms with Crippen LogP contribution in [0.4, 0.5) is 5.69 Å². The minimum atomic E-state index is 0.726. The van der Waals surface area contributed by atoms with E-state index in [-0.39, 0.29) is 0 Å². The van der Waals surface area contributed by atoms with Gasteiger partial charge in [0.05, 0.1) is 11.6 Å². The first-order valence-electron chi connectivity index (χ1n) is 5.92. The fraction of sp³-hybridized carbons (Fsp3) is 0.462. The van der Waals surface area contributed by atoms with Crippen molar-refractivity contribution in [2.45, 2.75) is 0 Å². The quantitative estimate of drug-likeness (QED) is 0.860. The third-order valence-corrected chi connectivity index (χ3v) is 4.22. The summed E-state index contributed by atoms with van der Waals surface area (Å²) in [7, 11) is 0. The lowest BCUT2D eigenvalue weighted by Crippen LogP contribution is -2.25. The summed E-state index contributed by atoms with van der Waals surface area (Å²) in [6.07, 6.45) is 0. The summed E-state index contributed by atoms with van der Waals surface area (Å²) in [5, 5.41) is 12.4. The van der Waals surface area contributed by atoms with E-state index in [1.54, 1.807) is 0 Å². The highest BCUT2D eigenvalue weighted by Gasteiger charge is 2.36. The van der Waals surface area contributed by atoms with Crippen molar-refractivity contribution < 1.29 is 0 Å². The lowest BCUT2D eigenvalue weighted by Gasteiger charge is -2.20. The number of nitrogens with one attached hydrogen (secondary N) is 1. The Kier molecular flexibility index (Phi) is 2.81. The maximum Gasteiger partial charge on any atom is 0.0992 e. The second-order valence-corrected chi connectivity index (χ2v) is 5.81. The topological polar surface area (TPSA) is 39.1 Å². The van der Waals surface area contributed by atoms with Crippen LogP contribution < -0.4 is 10.2 Å². The van der Waals surface area contributed by atoms with E-state index >= 15 is 0 Å². The maximum atomic E-state index is 8.99. The van der Waals surface area contributed by atoms with E-state index in [9.17, 15) is 0 Å². The molecule has 0 aromatic heterocycles. The van der Waals surface area contributed by atoms with E-state index in [0.717, 1.165) is 48.1 Å². The van der Waals surface area contributed by atoms with Gasteiger partial charge in [0.15, 0.2) is 0 Å². The van der Waals surface area contributed by atoms with Crippen LogP contribution in [0.1, 0.15) is 5.56 Å². The average molecular weight is 292 g/mol. The first-order chi connectivity index (χ1) is 8.26. The number of halogens is 1. The Morgan fingerprint density at radius 3 is 2.59 bits per heavy atom. The number of nitrogens with zero attached hydrogens (tertiary/aromatic N) is 2. The van der Waals surface area contributed by atoms with Crippen LogP contribution in [0.15, 0.2) is 22.7 Å². The molecular formula is C13H14BrN3. The van der Waals surface area contributed by atoms with Crippen molar-refractivity contribution in [3.8, 4) is 6.07 Å². The van der Waals surface area contributed by atoms with Crippen LogP contribution >= 0.6 is 15.9 Å². The number of hydrogen-bond donors (Lipinski definition) is 1. The summed E-state index contributed by atoms with van der Waals surface area (Å²) < 4.78 is 0.988. The minimum Gasteiger partial charge on any atom is -0.371 e. The average Bonchev–Trinajstić information content (AvgIpc) is 2.88. The number of benzene rings is 1. The molecular weight excluding hydrogens is 278 g/mol. The van der Waals surface area contributed by atoms with Gasteiger partial charge in [0.25, 0.3) is 0 Å². The van der Waals surface area contributed by atoms with Gasteiger partial charge in [0.2, 0.25) is 0 Å². The highest BCUT2D eigenvalue weighted by atomic mass is 79.9. The molecule has 0 aliphatic carbocycles. The van der Waals surface area contributed by atoms with E-state index in [2.05, 4.69) is 38.3 Å². The summed E-state index contributed by atoms with van der Waals surface area (Å²) >= 11 is 3.47. The molecule has 17 heavy (non-hydrogen) atoms. The standard InChI is InChI=1S/C13H14BrN3/c14-12-1-9(4-15)2-13(3-12)17-7-10-5-16-6-11(10)8-17/h1-3,10-11,16H,5-8H2/t10-,11+. The van der Waals surface area contributed by atoms with Gasteiger partial charge in [0.1, 0.15) is 0 Å². The molecule has 4 heteroatoms. The summed E-state index contributed by atoms with van der Waals surface area (Å²) in [5.41, 5.74) is 1.90. The van der Waals surface area contributed by atoms with Crippen molar-refractivity contribution in [3.05, 3.63) is 28.2 Å². The zero-order valence-corrected chi connectivity index (χ0v) is 11.1. The number of hydrogen-bond acceptors (Lipinski definition) is 3. The SMILES string of the molecule is N#Cc1cc(Br)cc(N2C[C@H]3CNC[C@H]3C2)c1. The van der Waals surface area contributed by atoms with E-state index < -0.39 is 0 Å². The molecule has 2 aliphatic heterocycles. The van der Waals surface area contributed by atoms with Gasteiger partial charge in [-0.05, 0) is 30.0 Å². The summed E-state index contributed by atoms with van der Waals surface area (Å²) in [6, 6.07) is 8.17. The van der Waals surface area contributed by atoms with Crippen molar-refractivity contribution in [3.63, 3.8) is 0 Å². The second kappa shape index (κ2) is 4.32. The molecule has 2 atom stereocenters. The van der Waals surface area contributed by atoms with Gasteiger partial charge < -0.3 is 10.2 Å². The summed E-state index contributed by atoms with van der Waals surface area (Å²) in [5.74, 6) is 1.55. The van der Waals surface area contributed by atoms with Crippen LogP contribution in [0.2, 0.25) is 0 Å². The first kappa shape index (κ1) is 11.1. The van der Waals surface area contributed by atoms with Gasteiger partial charge in [-0.25, -0.2) is 0 Å². The Balaban J connectivity index is 1.86. The van der Waals surface area contributed by atoms with Gasteiger partial charge in [-0.15, -0.1) is 0 Å². The monoisotopic (exact) mass is 291 g/mol. The third-order valence-electron chi connectivity index (χ3n) is 3.77. The van der Waals surface area contributed by atoms with Crippen LogP contribution in [0.5, 0.6) is 0 Å². The van der Waals surface area contributed by atoms with E-state index in [4.69, 9.17) is 5.26 Å². The number of rotatable bonds is 1. The molecule has 3 nitrogen and oxygen atoms in total. The van der Waals surface area contributed by atoms with Crippen molar-refractivity contribution >= 4 is 21.6 Å². The predicted molar refractivity (Wildman–Crippen MR) is 70.9 cm³/mol. The largest absolute Gasteiger partial charge is 0.371 e. The lowest BCUT2D eigenvalue weighted by molar-refractivity contribution is 0.533. The molecule has 0 saturated carbocycles. The molecule has 1 aromatic carbocycles. The van der Waals surface area contributed by atoms with Gasteiger partial charge in [-0.3, -0.25) is 0 Å². The zero-order chi connectivity index (χ0) is 11.8. The molecule has 1 N–H and O–H groups in total. The maximum absolute atomic E-state index is 8.99. The molecule has 2 aliphatic rings. The van der Waals surface area contributed by atoms with Crippen molar-refractivity contribution in [2.75, 3.05) is 31.1 Å². The predicted octanol–water partition coefficient (Wildman–Crippen LogP) is 1.98. The number of fused-ring (bicyclic) bond motifs is 1. The first-order valence-corrected chi connectivity index (χ1v) is 6.72. The fourth-order valence-corrected chi connectivity index (χ4v) is 3.37. The van der Waals surface area contributed by atoms with Crippen molar-refractivity contribution in [1.82, 2.24) is 5.32 Å². The Bertz CT molecular complexity index is 468. The fourth-order valence-electron chi connectivity index (χ4n) is 2.89. The second-order valence-electron chi connectivity index (χ2n) is 4.89. The molecule has 0 amide bonds. The van der Waals surface area contributed by atoms with Crippen LogP contribution in [-0.4, -0.2) is 26.2 Å². The Hall–Kier alpha value is -1.05. The zero-order valence-electron chi connectivity index (χ0n) is 9.49. The summed E-state index contributed by atoms with van der Waals surface area (Å²) in [4.78, 5) is 2.40.